The van der Waals surface area contributed by atoms with Gasteiger partial charge in [0.05, 0.1) is 21.3 Å². The van der Waals surface area contributed by atoms with Crippen molar-refractivity contribution in [3.63, 3.8) is 0 Å². The second-order valence-corrected chi connectivity index (χ2v) is 4.03. The van der Waals surface area contributed by atoms with E-state index in [1.807, 2.05) is 18.2 Å². The van der Waals surface area contributed by atoms with Gasteiger partial charge in [-0.3, -0.25) is 0 Å². The third kappa shape index (κ3) is 1.27. The van der Waals surface area contributed by atoms with E-state index in [-0.39, 0.29) is 12.2 Å². The van der Waals surface area contributed by atoms with Crippen molar-refractivity contribution in [3.05, 3.63) is 40.8 Å². The number of methoxy groups -OCH3 is 3. The highest BCUT2D eigenvalue weighted by atomic mass is 16.6. The lowest BCUT2D eigenvalue weighted by Crippen LogP contribution is -2.07. The van der Waals surface area contributed by atoms with E-state index in [2.05, 4.69) is 0 Å². The van der Waals surface area contributed by atoms with Gasteiger partial charge < -0.3 is 18.9 Å². The monoisotopic (exact) mass is 234 g/mol. The van der Waals surface area contributed by atoms with Crippen molar-refractivity contribution < 1.29 is 18.9 Å². The number of hydrogen-bond donors (Lipinski definition) is 0. The maximum Gasteiger partial charge on any atom is 0.170 e. The van der Waals surface area contributed by atoms with Crippen molar-refractivity contribution >= 4 is 0 Å². The SMILES string of the molecule is COC1=C(OC)C2OC1c1ccc(OC)cc12. The first-order chi connectivity index (χ1) is 8.30. The van der Waals surface area contributed by atoms with Crippen molar-refractivity contribution in [2.24, 2.45) is 0 Å². The summed E-state index contributed by atoms with van der Waals surface area (Å²) in [6, 6.07) is 5.94. The minimum absolute atomic E-state index is 0.138. The van der Waals surface area contributed by atoms with Gasteiger partial charge in [0.15, 0.2) is 11.5 Å². The zero-order valence-electron chi connectivity index (χ0n) is 10.0. The molecule has 1 aromatic rings. The van der Waals surface area contributed by atoms with Gasteiger partial charge in [-0.1, -0.05) is 6.07 Å². The van der Waals surface area contributed by atoms with Crippen LogP contribution in [-0.2, 0) is 14.2 Å². The fourth-order valence-corrected chi connectivity index (χ4v) is 2.51. The van der Waals surface area contributed by atoms with Gasteiger partial charge in [-0.05, 0) is 23.3 Å². The molecule has 0 saturated heterocycles. The molecule has 0 aliphatic carbocycles. The van der Waals surface area contributed by atoms with Gasteiger partial charge in [-0.15, -0.1) is 0 Å². The first kappa shape index (κ1) is 10.5. The Morgan fingerprint density at radius 2 is 1.53 bits per heavy atom. The molecule has 2 aliphatic heterocycles. The number of ether oxygens (including phenoxy) is 4. The molecule has 0 aromatic heterocycles. The quantitative estimate of drug-likeness (QED) is 0.804. The molecule has 3 rings (SSSR count). The van der Waals surface area contributed by atoms with Crippen LogP contribution >= 0.6 is 0 Å². The highest BCUT2D eigenvalue weighted by Gasteiger charge is 2.47. The van der Waals surface area contributed by atoms with Gasteiger partial charge >= 0.3 is 0 Å². The standard InChI is InChI=1S/C13H14O4/c1-14-7-4-5-8-9(6-7)11-13(16-3)12(15-2)10(8)17-11/h4-6,10-11H,1-3H3. The van der Waals surface area contributed by atoms with Crippen LogP contribution in [0, 0.1) is 0 Å². The van der Waals surface area contributed by atoms with E-state index in [0.29, 0.717) is 0 Å². The minimum Gasteiger partial charge on any atom is -0.497 e. The van der Waals surface area contributed by atoms with Crippen LogP contribution < -0.4 is 4.74 Å². The fourth-order valence-electron chi connectivity index (χ4n) is 2.51. The molecular weight excluding hydrogens is 220 g/mol. The van der Waals surface area contributed by atoms with Crippen LogP contribution in [0.4, 0.5) is 0 Å². The van der Waals surface area contributed by atoms with Crippen molar-refractivity contribution in [1.82, 2.24) is 0 Å². The normalized spacial score (nSPS) is 24.9. The van der Waals surface area contributed by atoms with E-state index in [1.165, 1.54) is 0 Å². The Bertz CT molecular complexity index is 492. The Kier molecular flexibility index (Phi) is 2.26. The summed E-state index contributed by atoms with van der Waals surface area (Å²) in [5, 5.41) is 0. The summed E-state index contributed by atoms with van der Waals surface area (Å²) in [6.45, 7) is 0. The summed E-state index contributed by atoms with van der Waals surface area (Å²) in [6.07, 6.45) is -0.300. The van der Waals surface area contributed by atoms with Gasteiger partial charge in [0.25, 0.3) is 0 Å². The van der Waals surface area contributed by atoms with Crippen LogP contribution in [0.2, 0.25) is 0 Å². The van der Waals surface area contributed by atoms with E-state index in [0.717, 1.165) is 28.4 Å². The lowest BCUT2D eigenvalue weighted by Gasteiger charge is -2.17. The van der Waals surface area contributed by atoms with Crippen LogP contribution in [0.1, 0.15) is 23.3 Å². The first-order valence-corrected chi connectivity index (χ1v) is 5.45. The molecule has 90 valence electrons. The third-order valence-electron chi connectivity index (χ3n) is 3.29. The second-order valence-electron chi connectivity index (χ2n) is 4.03. The molecule has 0 radical (unpaired) electrons. The fraction of sp³-hybridized carbons (Fsp3) is 0.385. The summed E-state index contributed by atoms with van der Waals surface area (Å²) >= 11 is 0. The smallest absolute Gasteiger partial charge is 0.170 e. The van der Waals surface area contributed by atoms with Crippen LogP contribution in [-0.4, -0.2) is 21.3 Å². The molecule has 0 spiro atoms. The molecule has 2 bridgehead atoms. The maximum absolute atomic E-state index is 5.87. The van der Waals surface area contributed by atoms with Gasteiger partial charge in [0.1, 0.15) is 18.0 Å². The average Bonchev–Trinajstić information content (AvgIpc) is 2.92. The Balaban J connectivity index is 2.09. The summed E-state index contributed by atoms with van der Waals surface area (Å²) in [5.74, 6) is 2.36. The average molecular weight is 234 g/mol. The summed E-state index contributed by atoms with van der Waals surface area (Å²) in [4.78, 5) is 0. The summed E-state index contributed by atoms with van der Waals surface area (Å²) in [5.41, 5.74) is 2.24. The van der Waals surface area contributed by atoms with E-state index < -0.39 is 0 Å². The zero-order valence-corrected chi connectivity index (χ0v) is 10.0. The van der Waals surface area contributed by atoms with E-state index in [9.17, 15) is 0 Å². The summed E-state index contributed by atoms with van der Waals surface area (Å²) < 4.78 is 21.8. The molecule has 1 aromatic carbocycles. The number of rotatable bonds is 3. The Morgan fingerprint density at radius 3 is 2.12 bits per heavy atom. The molecule has 0 saturated carbocycles. The molecule has 4 nitrogen and oxygen atoms in total. The van der Waals surface area contributed by atoms with Gasteiger partial charge in [-0.2, -0.15) is 0 Å². The molecule has 2 atom stereocenters. The van der Waals surface area contributed by atoms with Crippen molar-refractivity contribution in [2.75, 3.05) is 21.3 Å². The molecular formula is C13H14O4. The van der Waals surface area contributed by atoms with Crippen molar-refractivity contribution in [3.8, 4) is 5.75 Å². The number of benzene rings is 1. The maximum atomic E-state index is 5.87. The number of hydrogen-bond acceptors (Lipinski definition) is 4. The number of fused-ring (bicyclic) bond motifs is 5. The minimum atomic E-state index is -0.162. The van der Waals surface area contributed by atoms with Crippen LogP contribution in [0.3, 0.4) is 0 Å². The Hall–Kier alpha value is -1.68. The molecule has 2 aliphatic rings. The van der Waals surface area contributed by atoms with Gasteiger partial charge in [-0.25, -0.2) is 0 Å². The highest BCUT2D eigenvalue weighted by molar-refractivity contribution is 5.50. The molecule has 17 heavy (non-hydrogen) atoms. The van der Waals surface area contributed by atoms with E-state index >= 15 is 0 Å². The van der Waals surface area contributed by atoms with Crippen LogP contribution in [0.15, 0.2) is 29.7 Å². The molecule has 2 heterocycles. The molecule has 0 N–H and O–H groups in total. The third-order valence-corrected chi connectivity index (χ3v) is 3.29. The molecule has 4 heteroatoms. The largest absolute Gasteiger partial charge is 0.497 e. The van der Waals surface area contributed by atoms with Crippen molar-refractivity contribution in [1.29, 1.82) is 0 Å². The highest BCUT2D eigenvalue weighted by Crippen LogP contribution is 2.54. The first-order valence-electron chi connectivity index (χ1n) is 5.45. The lowest BCUT2D eigenvalue weighted by atomic mass is 9.94. The molecule has 0 amide bonds. The Labute approximate surface area is 99.7 Å². The second kappa shape index (κ2) is 3.67. The van der Waals surface area contributed by atoms with Crippen molar-refractivity contribution in [2.45, 2.75) is 12.2 Å². The predicted molar refractivity (Wildman–Crippen MR) is 60.6 cm³/mol. The van der Waals surface area contributed by atoms with Crippen LogP contribution in [0.5, 0.6) is 5.75 Å². The predicted octanol–water partition coefficient (Wildman–Crippen LogP) is 2.33. The summed E-state index contributed by atoms with van der Waals surface area (Å²) in [7, 11) is 4.93. The zero-order chi connectivity index (χ0) is 12.0. The molecule has 2 unspecified atom stereocenters. The molecule has 0 fully saturated rings. The van der Waals surface area contributed by atoms with E-state index in [4.69, 9.17) is 18.9 Å². The lowest BCUT2D eigenvalue weighted by molar-refractivity contribution is 0.0443. The van der Waals surface area contributed by atoms with E-state index in [1.54, 1.807) is 21.3 Å². The van der Waals surface area contributed by atoms with Gasteiger partial charge in [0.2, 0.25) is 0 Å². The van der Waals surface area contributed by atoms with Gasteiger partial charge in [0, 0.05) is 0 Å². The van der Waals surface area contributed by atoms with Crippen LogP contribution in [0.25, 0.3) is 0 Å². The Morgan fingerprint density at radius 1 is 0.882 bits per heavy atom. The topological polar surface area (TPSA) is 36.9 Å².